The SMILES string of the molecule is CCC[C@H](O)CC[Si](C)(C)CCl. The van der Waals surface area contributed by atoms with Gasteiger partial charge in [-0.15, -0.1) is 11.6 Å². The van der Waals surface area contributed by atoms with E-state index < -0.39 is 8.07 Å². The number of aliphatic hydroxyl groups is 1. The van der Waals surface area contributed by atoms with Crippen LogP contribution in [0.15, 0.2) is 0 Å². The summed E-state index contributed by atoms with van der Waals surface area (Å²) in [5.74, 6) is 0. The molecule has 0 rings (SSSR count). The van der Waals surface area contributed by atoms with E-state index in [1.54, 1.807) is 0 Å². The highest BCUT2D eigenvalue weighted by molar-refractivity contribution is 6.83. The van der Waals surface area contributed by atoms with Gasteiger partial charge in [0.15, 0.2) is 0 Å². The van der Waals surface area contributed by atoms with Crippen molar-refractivity contribution in [3.05, 3.63) is 0 Å². The van der Waals surface area contributed by atoms with Crippen molar-refractivity contribution in [1.82, 2.24) is 0 Å². The van der Waals surface area contributed by atoms with Crippen LogP contribution >= 0.6 is 11.6 Å². The molecular weight excluding hydrogens is 188 g/mol. The Morgan fingerprint density at radius 2 is 1.92 bits per heavy atom. The molecular formula is C9H21ClOSi. The maximum Gasteiger partial charge on any atom is 0.0640 e. The molecule has 0 saturated carbocycles. The van der Waals surface area contributed by atoms with E-state index in [0.717, 1.165) is 30.8 Å². The molecule has 12 heavy (non-hydrogen) atoms. The van der Waals surface area contributed by atoms with Gasteiger partial charge >= 0.3 is 0 Å². The normalized spacial score (nSPS) is 14.8. The van der Waals surface area contributed by atoms with Crippen LogP contribution in [-0.4, -0.2) is 24.8 Å². The van der Waals surface area contributed by atoms with Crippen LogP contribution in [0, 0.1) is 0 Å². The fourth-order valence-corrected chi connectivity index (χ4v) is 2.75. The van der Waals surface area contributed by atoms with E-state index in [-0.39, 0.29) is 6.10 Å². The molecule has 0 heterocycles. The van der Waals surface area contributed by atoms with Crippen molar-refractivity contribution >= 4 is 19.7 Å². The van der Waals surface area contributed by atoms with Crippen LogP contribution in [0.2, 0.25) is 19.1 Å². The first-order valence-electron chi connectivity index (χ1n) is 4.76. The third kappa shape index (κ3) is 6.04. The average molecular weight is 209 g/mol. The number of hydrogen-bond acceptors (Lipinski definition) is 1. The zero-order valence-corrected chi connectivity index (χ0v) is 10.2. The third-order valence-electron chi connectivity index (χ3n) is 2.14. The number of alkyl halides is 1. The van der Waals surface area contributed by atoms with Crippen molar-refractivity contribution in [3.63, 3.8) is 0 Å². The zero-order chi connectivity index (χ0) is 9.61. The molecule has 74 valence electrons. The smallest absolute Gasteiger partial charge is 0.0640 e. The maximum absolute atomic E-state index is 9.49. The second kappa shape index (κ2) is 6.00. The Hall–Kier alpha value is 0.467. The van der Waals surface area contributed by atoms with Crippen molar-refractivity contribution in [2.24, 2.45) is 0 Å². The fraction of sp³-hybridized carbons (Fsp3) is 1.00. The quantitative estimate of drug-likeness (QED) is 0.526. The molecule has 0 aromatic heterocycles. The number of hydrogen-bond donors (Lipinski definition) is 1. The highest BCUT2D eigenvalue weighted by Crippen LogP contribution is 2.16. The molecule has 0 amide bonds. The van der Waals surface area contributed by atoms with Gasteiger partial charge in [0.1, 0.15) is 0 Å². The van der Waals surface area contributed by atoms with Gasteiger partial charge in [-0.25, -0.2) is 0 Å². The molecule has 0 aliphatic rings. The summed E-state index contributed by atoms with van der Waals surface area (Å²) < 4.78 is 0. The Morgan fingerprint density at radius 3 is 2.33 bits per heavy atom. The van der Waals surface area contributed by atoms with E-state index in [9.17, 15) is 5.11 Å². The summed E-state index contributed by atoms with van der Waals surface area (Å²) >= 11 is 5.83. The van der Waals surface area contributed by atoms with Gasteiger partial charge in [-0.3, -0.25) is 0 Å². The van der Waals surface area contributed by atoms with Crippen LogP contribution in [0.1, 0.15) is 26.2 Å². The van der Waals surface area contributed by atoms with E-state index in [4.69, 9.17) is 11.6 Å². The molecule has 0 aliphatic heterocycles. The molecule has 0 aromatic rings. The summed E-state index contributed by atoms with van der Waals surface area (Å²) in [6.45, 7) is 6.66. The minimum Gasteiger partial charge on any atom is -0.393 e. The van der Waals surface area contributed by atoms with Crippen molar-refractivity contribution < 1.29 is 5.11 Å². The van der Waals surface area contributed by atoms with Crippen LogP contribution < -0.4 is 0 Å². The van der Waals surface area contributed by atoms with Gasteiger partial charge in [0.2, 0.25) is 0 Å². The van der Waals surface area contributed by atoms with Gasteiger partial charge < -0.3 is 5.11 Å². The van der Waals surface area contributed by atoms with Crippen LogP contribution in [0.25, 0.3) is 0 Å². The Labute approximate surface area is 82.1 Å². The highest BCUT2D eigenvalue weighted by atomic mass is 35.5. The number of halogens is 1. The molecule has 0 saturated heterocycles. The molecule has 1 N–H and O–H groups in total. The summed E-state index contributed by atoms with van der Waals surface area (Å²) in [6, 6.07) is 1.15. The van der Waals surface area contributed by atoms with Crippen molar-refractivity contribution in [1.29, 1.82) is 0 Å². The van der Waals surface area contributed by atoms with E-state index >= 15 is 0 Å². The first-order valence-corrected chi connectivity index (χ1v) is 8.70. The van der Waals surface area contributed by atoms with Gasteiger partial charge in [-0.2, -0.15) is 0 Å². The van der Waals surface area contributed by atoms with Gasteiger partial charge in [0.05, 0.1) is 14.2 Å². The van der Waals surface area contributed by atoms with Gasteiger partial charge in [-0.05, 0) is 12.8 Å². The van der Waals surface area contributed by atoms with Crippen LogP contribution in [0.3, 0.4) is 0 Å². The minimum atomic E-state index is -1.16. The minimum absolute atomic E-state index is 0.0926. The molecule has 3 heteroatoms. The Bertz CT molecular complexity index is 117. The predicted molar refractivity (Wildman–Crippen MR) is 58.5 cm³/mol. The summed E-state index contributed by atoms with van der Waals surface area (Å²) in [5, 5.41) is 9.49. The number of aliphatic hydroxyl groups excluding tert-OH is 1. The molecule has 0 fully saturated rings. The second-order valence-corrected chi connectivity index (χ2v) is 10.2. The topological polar surface area (TPSA) is 20.2 Å². The van der Waals surface area contributed by atoms with Crippen molar-refractivity contribution in [2.75, 3.05) is 5.50 Å². The lowest BCUT2D eigenvalue weighted by molar-refractivity contribution is 0.159. The first kappa shape index (κ1) is 12.5. The number of rotatable bonds is 6. The van der Waals surface area contributed by atoms with E-state index in [0.29, 0.717) is 0 Å². The summed E-state index contributed by atoms with van der Waals surface area (Å²) in [7, 11) is -1.16. The zero-order valence-electron chi connectivity index (χ0n) is 8.44. The predicted octanol–water partition coefficient (Wildman–Crippen LogP) is 3.02. The first-order chi connectivity index (χ1) is 5.52. The Balaban J connectivity index is 3.52. The standard InChI is InChI=1S/C9H21ClOSi/c1-4-5-9(11)6-7-12(2,3)8-10/h9,11H,4-8H2,1-3H3/t9-/m0/s1. The fourth-order valence-electron chi connectivity index (χ4n) is 1.10. The van der Waals surface area contributed by atoms with E-state index in [1.807, 2.05) is 0 Å². The molecule has 0 bridgehead atoms. The van der Waals surface area contributed by atoms with E-state index in [2.05, 4.69) is 20.0 Å². The van der Waals surface area contributed by atoms with Gasteiger partial charge in [-0.1, -0.05) is 32.5 Å². The van der Waals surface area contributed by atoms with Crippen molar-refractivity contribution in [2.45, 2.75) is 51.4 Å². The molecule has 0 radical (unpaired) electrons. The molecule has 0 aliphatic carbocycles. The maximum atomic E-state index is 9.49. The van der Waals surface area contributed by atoms with Crippen LogP contribution in [-0.2, 0) is 0 Å². The lowest BCUT2D eigenvalue weighted by Gasteiger charge is -2.20. The van der Waals surface area contributed by atoms with Gasteiger partial charge in [0.25, 0.3) is 0 Å². The van der Waals surface area contributed by atoms with Crippen LogP contribution in [0.4, 0.5) is 0 Å². The monoisotopic (exact) mass is 208 g/mol. The third-order valence-corrected chi connectivity index (χ3v) is 6.67. The Kier molecular flexibility index (Phi) is 6.24. The molecule has 1 nitrogen and oxygen atoms in total. The van der Waals surface area contributed by atoms with Gasteiger partial charge in [0, 0.05) is 5.50 Å². The molecule has 0 aromatic carbocycles. The summed E-state index contributed by atoms with van der Waals surface area (Å²) in [4.78, 5) is 0. The molecule has 1 atom stereocenters. The van der Waals surface area contributed by atoms with Crippen molar-refractivity contribution in [3.8, 4) is 0 Å². The van der Waals surface area contributed by atoms with E-state index in [1.165, 1.54) is 0 Å². The van der Waals surface area contributed by atoms with Crippen LogP contribution in [0.5, 0.6) is 0 Å². The highest BCUT2D eigenvalue weighted by Gasteiger charge is 2.20. The second-order valence-electron chi connectivity index (χ2n) is 4.28. The Morgan fingerprint density at radius 1 is 1.33 bits per heavy atom. The largest absolute Gasteiger partial charge is 0.393 e. The molecule has 0 unspecified atom stereocenters. The molecule has 0 spiro atoms. The lowest BCUT2D eigenvalue weighted by Crippen LogP contribution is -2.29. The lowest BCUT2D eigenvalue weighted by atomic mass is 10.2. The summed E-state index contributed by atoms with van der Waals surface area (Å²) in [5.41, 5.74) is 0.811. The summed E-state index contributed by atoms with van der Waals surface area (Å²) in [6.07, 6.45) is 2.86. The average Bonchev–Trinajstić information content (AvgIpc) is 2.02.